The molecular weight excluding hydrogens is 512 g/mol. The molecule has 1 saturated heterocycles. The van der Waals surface area contributed by atoms with Gasteiger partial charge in [-0.15, -0.1) is 0 Å². The van der Waals surface area contributed by atoms with Gasteiger partial charge in [-0.25, -0.2) is 13.8 Å². The van der Waals surface area contributed by atoms with E-state index in [0.717, 1.165) is 55.8 Å². The summed E-state index contributed by atoms with van der Waals surface area (Å²) in [4.78, 5) is 23.1. The average Bonchev–Trinajstić information content (AvgIpc) is 3.20. The van der Waals surface area contributed by atoms with E-state index in [4.69, 9.17) is 9.73 Å². The van der Waals surface area contributed by atoms with Gasteiger partial charge in [0.05, 0.1) is 6.26 Å². The van der Waals surface area contributed by atoms with Gasteiger partial charge in [0.1, 0.15) is 29.0 Å². The molecule has 0 radical (unpaired) electrons. The minimum Gasteiger partial charge on any atom is -0.508 e. The highest BCUT2D eigenvalue weighted by molar-refractivity contribution is 6.09. The molecular formula is C32H31F2N3O3. The number of phenolic OH excluding ortho intramolecular Hbond substituents is 1. The summed E-state index contributed by atoms with van der Waals surface area (Å²) in [7, 11) is 0. The molecule has 1 amide bonds. The quantitative estimate of drug-likeness (QED) is 0.452. The number of fused-ring (bicyclic) bond motifs is 1. The number of amides is 1. The molecule has 3 heterocycles. The fraction of sp³-hybridized carbons (Fsp3) is 0.312. The van der Waals surface area contributed by atoms with Gasteiger partial charge >= 0.3 is 0 Å². The number of amidine groups is 1. The second kappa shape index (κ2) is 10.5. The first kappa shape index (κ1) is 26.2. The van der Waals surface area contributed by atoms with Gasteiger partial charge in [-0.3, -0.25) is 14.6 Å². The molecule has 0 atom stereocenters. The van der Waals surface area contributed by atoms with Gasteiger partial charge in [-0.2, -0.15) is 0 Å². The zero-order chi connectivity index (χ0) is 27.9. The maximum Gasteiger partial charge on any atom is 0.265 e. The molecule has 3 aromatic rings. The average molecular weight is 544 g/mol. The van der Waals surface area contributed by atoms with Crippen molar-refractivity contribution in [3.8, 4) is 11.5 Å². The zero-order valence-electron chi connectivity index (χ0n) is 22.3. The predicted molar refractivity (Wildman–Crippen MR) is 148 cm³/mol. The van der Waals surface area contributed by atoms with E-state index in [0.29, 0.717) is 29.4 Å². The molecule has 3 aromatic carbocycles. The molecule has 0 aliphatic carbocycles. The molecule has 40 heavy (non-hydrogen) atoms. The molecule has 0 saturated carbocycles. The SMILES string of the molecule is CC1=NC(c2ccc(F)cc2)(c2ccc(F)cc2)C(=O)N1CC1CCN(CC2=COc3ccc(O)cc3C2)CC1. The lowest BCUT2D eigenvalue weighted by Crippen LogP contribution is -2.45. The van der Waals surface area contributed by atoms with E-state index < -0.39 is 17.2 Å². The van der Waals surface area contributed by atoms with Crippen molar-refractivity contribution in [2.45, 2.75) is 31.7 Å². The van der Waals surface area contributed by atoms with E-state index >= 15 is 0 Å². The number of nitrogens with zero attached hydrogens (tertiary/aromatic N) is 3. The van der Waals surface area contributed by atoms with Gasteiger partial charge in [0.25, 0.3) is 5.91 Å². The van der Waals surface area contributed by atoms with Gasteiger partial charge in [0, 0.05) is 25.1 Å². The number of benzene rings is 3. The van der Waals surface area contributed by atoms with Crippen molar-refractivity contribution >= 4 is 11.7 Å². The largest absolute Gasteiger partial charge is 0.508 e. The van der Waals surface area contributed by atoms with Crippen LogP contribution in [0.2, 0.25) is 0 Å². The van der Waals surface area contributed by atoms with Crippen LogP contribution in [-0.4, -0.2) is 52.8 Å². The van der Waals surface area contributed by atoms with E-state index in [1.165, 1.54) is 24.3 Å². The van der Waals surface area contributed by atoms with Crippen molar-refractivity contribution in [3.63, 3.8) is 0 Å². The normalized spacial score (nSPS) is 19.2. The molecule has 6 nitrogen and oxygen atoms in total. The van der Waals surface area contributed by atoms with Crippen molar-refractivity contribution in [2.24, 2.45) is 10.9 Å². The summed E-state index contributed by atoms with van der Waals surface area (Å²) >= 11 is 0. The summed E-state index contributed by atoms with van der Waals surface area (Å²) in [6, 6.07) is 16.8. The molecule has 3 aliphatic rings. The third-order valence-corrected chi connectivity index (χ3v) is 8.19. The van der Waals surface area contributed by atoms with E-state index in [1.54, 1.807) is 47.4 Å². The number of carbonyl (C=O) groups excluding carboxylic acids is 1. The molecule has 3 aliphatic heterocycles. The number of rotatable bonds is 6. The Balaban J connectivity index is 1.13. The van der Waals surface area contributed by atoms with Crippen LogP contribution in [-0.2, 0) is 16.8 Å². The molecule has 0 bridgehead atoms. The Morgan fingerprint density at radius 1 is 0.975 bits per heavy atom. The fourth-order valence-electron chi connectivity index (χ4n) is 6.05. The Hall–Kier alpha value is -4.04. The van der Waals surface area contributed by atoms with Crippen molar-refractivity contribution in [1.82, 2.24) is 9.80 Å². The highest BCUT2D eigenvalue weighted by atomic mass is 19.1. The third kappa shape index (κ3) is 4.88. The van der Waals surface area contributed by atoms with Gasteiger partial charge < -0.3 is 9.84 Å². The molecule has 1 fully saturated rings. The maximum atomic E-state index is 14.1. The second-order valence-corrected chi connectivity index (χ2v) is 10.9. The Morgan fingerprint density at radius 2 is 1.60 bits per heavy atom. The van der Waals surface area contributed by atoms with E-state index in [2.05, 4.69) is 4.90 Å². The lowest BCUT2D eigenvalue weighted by molar-refractivity contribution is -0.130. The van der Waals surface area contributed by atoms with Gasteiger partial charge in [-0.05, 0) is 97.9 Å². The number of hydrogen-bond acceptors (Lipinski definition) is 5. The number of ether oxygens (including phenoxy) is 1. The summed E-state index contributed by atoms with van der Waals surface area (Å²) in [5.74, 6) is 0.935. The molecule has 6 rings (SSSR count). The lowest BCUT2D eigenvalue weighted by atomic mass is 9.82. The van der Waals surface area contributed by atoms with Crippen molar-refractivity contribution in [1.29, 1.82) is 0 Å². The number of likely N-dealkylation sites (tertiary alicyclic amines) is 1. The minimum absolute atomic E-state index is 0.197. The predicted octanol–water partition coefficient (Wildman–Crippen LogP) is 5.41. The number of phenols is 1. The molecule has 0 unspecified atom stereocenters. The monoisotopic (exact) mass is 543 g/mol. The van der Waals surface area contributed by atoms with Crippen LogP contribution in [0, 0.1) is 17.6 Å². The highest BCUT2D eigenvalue weighted by Crippen LogP contribution is 2.41. The van der Waals surface area contributed by atoms with Crippen LogP contribution >= 0.6 is 0 Å². The minimum atomic E-state index is -1.37. The van der Waals surface area contributed by atoms with Gasteiger partial charge in [0.15, 0.2) is 5.54 Å². The molecule has 1 N–H and O–H groups in total. The van der Waals surface area contributed by atoms with Crippen LogP contribution in [0.3, 0.4) is 0 Å². The summed E-state index contributed by atoms with van der Waals surface area (Å²) in [5.41, 5.74) is 1.89. The number of carbonyl (C=O) groups is 1. The van der Waals surface area contributed by atoms with E-state index in [1.807, 2.05) is 13.2 Å². The Morgan fingerprint density at radius 3 is 2.23 bits per heavy atom. The van der Waals surface area contributed by atoms with Crippen LogP contribution in [0.1, 0.15) is 36.5 Å². The number of aliphatic imine (C=N–C) groups is 1. The number of hydrogen-bond donors (Lipinski definition) is 1. The zero-order valence-corrected chi connectivity index (χ0v) is 22.3. The molecule has 206 valence electrons. The number of halogens is 2. The van der Waals surface area contributed by atoms with Crippen molar-refractivity contribution in [3.05, 3.63) is 107 Å². The standard InChI is InChI=1S/C32H31F2N3O3/c1-21-35-32(25-2-6-27(33)7-3-25,26-4-8-28(34)9-5-26)31(39)37(21)19-22-12-14-36(15-13-22)18-23-16-24-17-29(38)10-11-30(24)40-20-23/h2-11,17,20,22,38H,12-16,18-19H2,1H3. The maximum absolute atomic E-state index is 14.1. The van der Waals surface area contributed by atoms with Crippen LogP contribution in [0.5, 0.6) is 11.5 Å². The van der Waals surface area contributed by atoms with Gasteiger partial charge in [0.2, 0.25) is 0 Å². The first-order valence-electron chi connectivity index (χ1n) is 13.6. The lowest BCUT2D eigenvalue weighted by Gasteiger charge is -2.35. The van der Waals surface area contributed by atoms with Gasteiger partial charge in [-0.1, -0.05) is 24.3 Å². The number of piperidine rings is 1. The Bertz CT molecular complexity index is 1430. The first-order valence-corrected chi connectivity index (χ1v) is 13.6. The van der Waals surface area contributed by atoms with Crippen molar-refractivity contribution < 1.29 is 23.4 Å². The molecule has 0 spiro atoms. The van der Waals surface area contributed by atoms with E-state index in [9.17, 15) is 18.7 Å². The van der Waals surface area contributed by atoms with E-state index in [-0.39, 0.29) is 11.7 Å². The Labute approximate surface area is 232 Å². The summed E-state index contributed by atoms with van der Waals surface area (Å²) in [6.07, 6.45) is 4.43. The topological polar surface area (TPSA) is 65.4 Å². The third-order valence-electron chi connectivity index (χ3n) is 8.19. The number of aromatic hydroxyl groups is 1. The summed E-state index contributed by atoms with van der Waals surface area (Å²) in [6.45, 7) is 4.96. The molecule has 8 heteroatoms. The first-order chi connectivity index (χ1) is 19.3. The second-order valence-electron chi connectivity index (χ2n) is 10.9. The summed E-state index contributed by atoms with van der Waals surface area (Å²) < 4.78 is 33.3. The smallest absolute Gasteiger partial charge is 0.265 e. The fourth-order valence-corrected chi connectivity index (χ4v) is 6.05. The Kier molecular flexibility index (Phi) is 6.88. The molecule has 0 aromatic heterocycles. The van der Waals surface area contributed by atoms with Crippen molar-refractivity contribution in [2.75, 3.05) is 26.2 Å². The van der Waals surface area contributed by atoms with Crippen LogP contribution < -0.4 is 4.74 Å². The van der Waals surface area contributed by atoms with Crippen LogP contribution in [0.4, 0.5) is 8.78 Å². The highest BCUT2D eigenvalue weighted by Gasteiger charge is 2.50. The van der Waals surface area contributed by atoms with Crippen LogP contribution in [0.15, 0.2) is 83.6 Å². The van der Waals surface area contributed by atoms with Crippen LogP contribution in [0.25, 0.3) is 0 Å². The summed E-state index contributed by atoms with van der Waals surface area (Å²) in [5, 5.41) is 9.81.